The summed E-state index contributed by atoms with van der Waals surface area (Å²) in [5.74, 6) is 0. The molecule has 0 aliphatic carbocycles. The van der Waals surface area contributed by atoms with Crippen molar-refractivity contribution in [3.8, 4) is 0 Å². The van der Waals surface area contributed by atoms with E-state index in [-0.39, 0.29) is 0 Å². The van der Waals surface area contributed by atoms with Crippen LogP contribution in [0.5, 0.6) is 0 Å². The van der Waals surface area contributed by atoms with Gasteiger partial charge in [0.15, 0.2) is 0 Å². The standard InChI is InChI=1S/C12H12N2/c1-2-8-14-9-7-13-10-11-5-3-4-6-12(11)14/h2-7,9-10H,1,8H2. The Bertz CT molecular complexity index is 391. The fourth-order valence-electron chi connectivity index (χ4n) is 1.48. The lowest BCUT2D eigenvalue weighted by molar-refractivity contribution is 1.09. The first-order valence-electron chi connectivity index (χ1n) is 4.58. The minimum Gasteiger partial charge on any atom is -0.342 e. The van der Waals surface area contributed by atoms with Gasteiger partial charge in [0.05, 0.1) is 0 Å². The van der Waals surface area contributed by atoms with Crippen LogP contribution >= 0.6 is 0 Å². The molecule has 14 heavy (non-hydrogen) atoms. The molecule has 1 heterocycles. The lowest BCUT2D eigenvalue weighted by atomic mass is 10.2. The summed E-state index contributed by atoms with van der Waals surface area (Å²) in [4.78, 5) is 6.28. The van der Waals surface area contributed by atoms with Crippen molar-refractivity contribution in [2.24, 2.45) is 4.99 Å². The third-order valence-corrected chi connectivity index (χ3v) is 2.12. The van der Waals surface area contributed by atoms with Crippen LogP contribution in [0.25, 0.3) is 0 Å². The summed E-state index contributed by atoms with van der Waals surface area (Å²) in [7, 11) is 0. The van der Waals surface area contributed by atoms with Gasteiger partial charge in [-0.15, -0.1) is 6.58 Å². The molecule has 0 amide bonds. The maximum atomic E-state index is 4.16. The van der Waals surface area contributed by atoms with Gasteiger partial charge in [0.1, 0.15) is 0 Å². The molecule has 0 spiro atoms. The van der Waals surface area contributed by atoms with E-state index in [1.807, 2.05) is 30.6 Å². The molecule has 0 aromatic heterocycles. The molecule has 2 rings (SSSR count). The highest BCUT2D eigenvalue weighted by Crippen LogP contribution is 2.20. The van der Waals surface area contributed by atoms with E-state index < -0.39 is 0 Å². The van der Waals surface area contributed by atoms with Gasteiger partial charge < -0.3 is 4.90 Å². The Balaban J connectivity index is 2.44. The van der Waals surface area contributed by atoms with Gasteiger partial charge in [0, 0.05) is 36.4 Å². The molecule has 0 N–H and O–H groups in total. The molecule has 2 nitrogen and oxygen atoms in total. The van der Waals surface area contributed by atoms with Crippen LogP contribution in [0.15, 0.2) is 54.3 Å². The zero-order valence-electron chi connectivity index (χ0n) is 7.93. The molecular weight excluding hydrogens is 172 g/mol. The van der Waals surface area contributed by atoms with Crippen molar-refractivity contribution in [2.45, 2.75) is 0 Å². The number of aliphatic imine (C=N–C) groups is 1. The molecule has 1 aliphatic heterocycles. The zero-order chi connectivity index (χ0) is 9.80. The molecule has 70 valence electrons. The van der Waals surface area contributed by atoms with E-state index in [2.05, 4.69) is 28.6 Å². The highest BCUT2D eigenvalue weighted by molar-refractivity contribution is 5.89. The second kappa shape index (κ2) is 3.92. The topological polar surface area (TPSA) is 15.6 Å². The number of benzene rings is 1. The van der Waals surface area contributed by atoms with Crippen molar-refractivity contribution >= 4 is 11.9 Å². The molecule has 0 bridgehead atoms. The van der Waals surface area contributed by atoms with Gasteiger partial charge in [-0.25, -0.2) is 0 Å². The molecule has 0 radical (unpaired) electrons. The first kappa shape index (κ1) is 8.75. The summed E-state index contributed by atoms with van der Waals surface area (Å²) in [6.45, 7) is 4.54. The SMILES string of the molecule is C=CCN1C=CN=Cc2ccccc21. The van der Waals surface area contributed by atoms with Gasteiger partial charge in [-0.3, -0.25) is 4.99 Å². The quantitative estimate of drug-likeness (QED) is 0.645. The largest absolute Gasteiger partial charge is 0.342 e. The van der Waals surface area contributed by atoms with E-state index in [4.69, 9.17) is 0 Å². The lowest BCUT2D eigenvalue weighted by Gasteiger charge is -2.18. The molecule has 0 saturated carbocycles. The van der Waals surface area contributed by atoms with Crippen molar-refractivity contribution in [1.29, 1.82) is 0 Å². The smallest absolute Gasteiger partial charge is 0.0498 e. The molecule has 0 saturated heterocycles. The monoisotopic (exact) mass is 184 g/mol. The van der Waals surface area contributed by atoms with Crippen molar-refractivity contribution in [2.75, 3.05) is 11.4 Å². The Hall–Kier alpha value is -1.83. The minimum atomic E-state index is 0.802. The van der Waals surface area contributed by atoms with Gasteiger partial charge in [0.2, 0.25) is 0 Å². The van der Waals surface area contributed by atoms with E-state index in [0.29, 0.717) is 0 Å². The normalized spacial score (nSPS) is 13.6. The van der Waals surface area contributed by atoms with Crippen LogP contribution in [0.3, 0.4) is 0 Å². The predicted molar refractivity (Wildman–Crippen MR) is 60.7 cm³/mol. The Kier molecular flexibility index (Phi) is 2.45. The third kappa shape index (κ3) is 1.59. The first-order chi connectivity index (χ1) is 6.92. The number of hydrogen-bond acceptors (Lipinski definition) is 2. The van der Waals surface area contributed by atoms with Crippen molar-refractivity contribution in [1.82, 2.24) is 0 Å². The van der Waals surface area contributed by atoms with Crippen LogP contribution in [-0.4, -0.2) is 12.8 Å². The number of fused-ring (bicyclic) bond motifs is 1. The van der Waals surface area contributed by atoms with E-state index in [1.165, 1.54) is 5.69 Å². The first-order valence-corrected chi connectivity index (χ1v) is 4.58. The predicted octanol–water partition coefficient (Wildman–Crippen LogP) is 2.58. The van der Waals surface area contributed by atoms with Crippen LogP contribution < -0.4 is 4.90 Å². The summed E-state index contributed by atoms with van der Waals surface area (Å²) >= 11 is 0. The van der Waals surface area contributed by atoms with Gasteiger partial charge in [-0.05, 0) is 6.07 Å². The average Bonchev–Trinajstić information content (AvgIpc) is 2.42. The van der Waals surface area contributed by atoms with Crippen molar-refractivity contribution in [3.63, 3.8) is 0 Å². The molecule has 1 aromatic rings. The van der Waals surface area contributed by atoms with Gasteiger partial charge in [0.25, 0.3) is 0 Å². The van der Waals surface area contributed by atoms with Crippen LogP contribution in [0.4, 0.5) is 5.69 Å². The second-order valence-electron chi connectivity index (χ2n) is 3.08. The second-order valence-corrected chi connectivity index (χ2v) is 3.08. The maximum absolute atomic E-state index is 4.16. The molecule has 0 fully saturated rings. The van der Waals surface area contributed by atoms with E-state index in [9.17, 15) is 0 Å². The molecule has 1 aromatic carbocycles. The highest BCUT2D eigenvalue weighted by Gasteiger charge is 2.06. The number of nitrogens with zero attached hydrogens (tertiary/aromatic N) is 2. The van der Waals surface area contributed by atoms with Crippen LogP contribution in [0, 0.1) is 0 Å². The Morgan fingerprint density at radius 3 is 3.07 bits per heavy atom. The zero-order valence-corrected chi connectivity index (χ0v) is 7.93. The Labute approximate surface area is 83.9 Å². The molecule has 2 heteroatoms. The Morgan fingerprint density at radius 2 is 2.21 bits per heavy atom. The highest BCUT2D eigenvalue weighted by atomic mass is 15.1. The lowest BCUT2D eigenvalue weighted by Crippen LogP contribution is -2.16. The fraction of sp³-hybridized carbons (Fsp3) is 0.0833. The average molecular weight is 184 g/mol. The van der Waals surface area contributed by atoms with Crippen LogP contribution in [0.1, 0.15) is 5.56 Å². The molecule has 0 unspecified atom stereocenters. The van der Waals surface area contributed by atoms with E-state index in [1.54, 1.807) is 6.20 Å². The number of hydrogen-bond donors (Lipinski definition) is 0. The fourth-order valence-corrected chi connectivity index (χ4v) is 1.48. The molecule has 1 aliphatic rings. The van der Waals surface area contributed by atoms with Gasteiger partial charge in [-0.2, -0.15) is 0 Å². The summed E-state index contributed by atoms with van der Waals surface area (Å²) < 4.78 is 0. The van der Waals surface area contributed by atoms with Gasteiger partial charge >= 0.3 is 0 Å². The molecular formula is C12H12N2. The number of rotatable bonds is 2. The number of para-hydroxylation sites is 1. The summed E-state index contributed by atoms with van der Waals surface area (Å²) in [5, 5.41) is 0. The summed E-state index contributed by atoms with van der Waals surface area (Å²) in [5.41, 5.74) is 2.31. The van der Waals surface area contributed by atoms with Crippen LogP contribution in [-0.2, 0) is 0 Å². The van der Waals surface area contributed by atoms with E-state index in [0.717, 1.165) is 12.1 Å². The number of anilines is 1. The van der Waals surface area contributed by atoms with Crippen LogP contribution in [0.2, 0.25) is 0 Å². The summed E-state index contributed by atoms with van der Waals surface area (Å²) in [6, 6.07) is 8.19. The van der Waals surface area contributed by atoms with E-state index >= 15 is 0 Å². The van der Waals surface area contributed by atoms with Crippen molar-refractivity contribution in [3.05, 3.63) is 54.9 Å². The van der Waals surface area contributed by atoms with Gasteiger partial charge in [-0.1, -0.05) is 24.3 Å². The molecule has 0 atom stereocenters. The minimum absolute atomic E-state index is 0.802. The Morgan fingerprint density at radius 1 is 1.36 bits per heavy atom. The van der Waals surface area contributed by atoms with Crippen molar-refractivity contribution < 1.29 is 0 Å². The maximum Gasteiger partial charge on any atom is 0.0498 e. The summed E-state index contributed by atoms with van der Waals surface area (Å²) in [6.07, 6.45) is 7.51. The third-order valence-electron chi connectivity index (χ3n) is 2.12.